The molecule has 13 heavy (non-hydrogen) atoms. The van der Waals surface area contributed by atoms with Crippen molar-refractivity contribution in [3.63, 3.8) is 0 Å². The van der Waals surface area contributed by atoms with Crippen LogP contribution in [0.15, 0.2) is 24.0 Å². The fourth-order valence-electron chi connectivity index (χ4n) is 0.928. The van der Waals surface area contributed by atoms with Crippen molar-refractivity contribution < 1.29 is 0 Å². The van der Waals surface area contributed by atoms with Gasteiger partial charge in [-0.1, -0.05) is 31.9 Å². The largest absolute Gasteiger partial charge is 0.0924 e. The third-order valence-corrected chi connectivity index (χ3v) is 6.05. The minimum absolute atomic E-state index is 0.957. The van der Waals surface area contributed by atoms with Crippen LogP contribution in [0.3, 0.4) is 0 Å². The molecule has 0 N–H and O–H groups in total. The van der Waals surface area contributed by atoms with Crippen molar-refractivity contribution in [1.29, 1.82) is 0 Å². The zero-order chi connectivity index (χ0) is 10.0. The molecule has 0 radical (unpaired) electrons. The number of hydrogen-bond donors (Lipinski definition) is 0. The molecule has 0 bridgehead atoms. The molecule has 0 aromatic heterocycles. The van der Waals surface area contributed by atoms with Crippen molar-refractivity contribution in [3.05, 3.63) is 29.5 Å². The molecule has 72 valence electrons. The fraction of sp³-hybridized carbons (Fsp3) is 0.250. The van der Waals surface area contributed by atoms with Crippen LogP contribution < -0.4 is 0 Å². The molecule has 0 aliphatic rings. The first-order valence-corrected chi connectivity index (χ1v) is 7.75. The van der Waals surface area contributed by atoms with Gasteiger partial charge in [0.1, 0.15) is 0 Å². The summed E-state index contributed by atoms with van der Waals surface area (Å²) >= 11 is 17.5. The summed E-state index contributed by atoms with van der Waals surface area (Å²) in [7, 11) is 0. The molecular formula is C8H5Br5. The summed E-state index contributed by atoms with van der Waals surface area (Å²) in [4.78, 5) is 0. The summed E-state index contributed by atoms with van der Waals surface area (Å²) in [5.41, 5.74) is 1.27. The Hall–Kier alpha value is 1.62. The lowest BCUT2D eigenvalue weighted by molar-refractivity contribution is 1.13. The zero-order valence-electron chi connectivity index (χ0n) is 6.38. The molecule has 1 rings (SSSR count). The Balaban J connectivity index is 3.26. The van der Waals surface area contributed by atoms with E-state index in [9.17, 15) is 0 Å². The van der Waals surface area contributed by atoms with Crippen LogP contribution in [0.5, 0.6) is 0 Å². The quantitative estimate of drug-likeness (QED) is 0.279. The smallest absolute Gasteiger partial charge is 0.0463 e. The second kappa shape index (κ2) is 5.64. The first kappa shape index (κ1) is 12.7. The molecule has 0 aliphatic carbocycles. The standard InChI is InChI=1S/C8H5Br5/c9-2-1-4-5(10)3-6(11)8(13)7(4)12/h3H,1-2H2. The molecule has 0 saturated heterocycles. The molecule has 1 aromatic carbocycles. The Morgan fingerprint density at radius 1 is 0.923 bits per heavy atom. The average molecular weight is 501 g/mol. The van der Waals surface area contributed by atoms with Crippen LogP contribution in [-0.4, -0.2) is 5.33 Å². The van der Waals surface area contributed by atoms with Crippen LogP contribution in [0, 0.1) is 0 Å². The number of benzene rings is 1. The van der Waals surface area contributed by atoms with Crippen LogP contribution in [0.4, 0.5) is 0 Å². The maximum atomic E-state index is 3.56. The predicted octanol–water partition coefficient (Wildman–Crippen LogP) is 5.67. The molecule has 0 fully saturated rings. The van der Waals surface area contributed by atoms with Crippen molar-refractivity contribution >= 4 is 79.6 Å². The van der Waals surface area contributed by atoms with Crippen molar-refractivity contribution in [3.8, 4) is 0 Å². The first-order valence-electron chi connectivity index (χ1n) is 3.45. The molecule has 5 heteroatoms. The normalized spacial score (nSPS) is 10.5. The molecule has 0 aliphatic heterocycles. The number of rotatable bonds is 2. The summed E-state index contributed by atoms with van der Waals surface area (Å²) in [6, 6.07) is 2.05. The van der Waals surface area contributed by atoms with Crippen LogP contribution in [0.2, 0.25) is 0 Å². The van der Waals surface area contributed by atoms with Gasteiger partial charge in [0, 0.05) is 23.2 Å². The molecule has 0 saturated carbocycles. The van der Waals surface area contributed by atoms with Crippen LogP contribution in [0.25, 0.3) is 0 Å². The molecule has 0 nitrogen and oxygen atoms in total. The maximum Gasteiger partial charge on any atom is 0.0463 e. The van der Waals surface area contributed by atoms with Crippen molar-refractivity contribution in [2.75, 3.05) is 5.33 Å². The van der Waals surface area contributed by atoms with Crippen molar-refractivity contribution in [2.45, 2.75) is 6.42 Å². The monoisotopic (exact) mass is 496 g/mol. The topological polar surface area (TPSA) is 0 Å². The summed E-state index contributed by atoms with van der Waals surface area (Å²) in [6.07, 6.45) is 0.993. The van der Waals surface area contributed by atoms with Crippen LogP contribution in [0.1, 0.15) is 5.56 Å². The Bertz CT molecular complexity index is 321. The van der Waals surface area contributed by atoms with Gasteiger partial charge in [0.2, 0.25) is 0 Å². The van der Waals surface area contributed by atoms with E-state index in [0.29, 0.717) is 0 Å². The van der Waals surface area contributed by atoms with Gasteiger partial charge in [0.15, 0.2) is 0 Å². The van der Waals surface area contributed by atoms with Gasteiger partial charge in [0.05, 0.1) is 0 Å². The second-order valence-corrected chi connectivity index (χ2v) is 6.47. The van der Waals surface area contributed by atoms with E-state index in [4.69, 9.17) is 0 Å². The van der Waals surface area contributed by atoms with E-state index < -0.39 is 0 Å². The Labute approximate surface area is 119 Å². The lowest BCUT2D eigenvalue weighted by atomic mass is 10.2. The van der Waals surface area contributed by atoms with Gasteiger partial charge in [-0.05, 0) is 65.8 Å². The van der Waals surface area contributed by atoms with Crippen molar-refractivity contribution in [2.24, 2.45) is 0 Å². The minimum atomic E-state index is 0.957. The van der Waals surface area contributed by atoms with E-state index in [1.807, 2.05) is 6.07 Å². The van der Waals surface area contributed by atoms with Gasteiger partial charge < -0.3 is 0 Å². The van der Waals surface area contributed by atoms with Gasteiger partial charge in [-0.2, -0.15) is 0 Å². The summed E-state index contributed by atoms with van der Waals surface area (Å²) < 4.78 is 4.33. The average Bonchev–Trinajstić information content (AvgIpc) is 2.09. The number of alkyl halides is 1. The van der Waals surface area contributed by atoms with Crippen LogP contribution in [-0.2, 0) is 6.42 Å². The van der Waals surface area contributed by atoms with E-state index >= 15 is 0 Å². The zero-order valence-corrected chi connectivity index (χ0v) is 14.3. The predicted molar refractivity (Wildman–Crippen MR) is 74.7 cm³/mol. The van der Waals surface area contributed by atoms with Gasteiger partial charge >= 0.3 is 0 Å². The van der Waals surface area contributed by atoms with E-state index in [0.717, 1.165) is 29.6 Å². The second-order valence-electron chi connectivity index (χ2n) is 2.39. The van der Waals surface area contributed by atoms with E-state index in [2.05, 4.69) is 79.6 Å². The maximum absolute atomic E-state index is 3.56. The molecule has 0 unspecified atom stereocenters. The van der Waals surface area contributed by atoms with E-state index in [1.54, 1.807) is 0 Å². The van der Waals surface area contributed by atoms with Gasteiger partial charge in [-0.15, -0.1) is 0 Å². The third-order valence-electron chi connectivity index (χ3n) is 1.55. The molecule has 0 heterocycles. The highest BCUT2D eigenvalue weighted by atomic mass is 79.9. The summed E-state index contributed by atoms with van der Waals surface area (Å²) in [5.74, 6) is 0. The SMILES string of the molecule is BrCCc1c(Br)cc(Br)c(Br)c1Br. The van der Waals surface area contributed by atoms with E-state index in [-0.39, 0.29) is 0 Å². The Morgan fingerprint density at radius 2 is 1.54 bits per heavy atom. The Morgan fingerprint density at radius 3 is 2.08 bits per heavy atom. The Kier molecular flexibility index (Phi) is 5.50. The first-order chi connectivity index (χ1) is 6.07. The van der Waals surface area contributed by atoms with Crippen molar-refractivity contribution in [1.82, 2.24) is 0 Å². The fourth-order valence-corrected chi connectivity index (χ4v) is 4.20. The molecule has 0 amide bonds. The number of hydrogen-bond acceptors (Lipinski definition) is 0. The molecule has 0 atom stereocenters. The molecule has 0 spiro atoms. The van der Waals surface area contributed by atoms with Gasteiger partial charge in [-0.3, -0.25) is 0 Å². The highest BCUT2D eigenvalue weighted by molar-refractivity contribution is 9.14. The lowest BCUT2D eigenvalue weighted by Crippen LogP contribution is -1.91. The minimum Gasteiger partial charge on any atom is -0.0924 e. The summed E-state index contributed by atoms with van der Waals surface area (Å²) in [6.45, 7) is 0. The summed E-state index contributed by atoms with van der Waals surface area (Å²) in [5, 5.41) is 0.957. The molecular weight excluding hydrogens is 496 g/mol. The highest BCUT2D eigenvalue weighted by Gasteiger charge is 2.11. The number of halogens is 5. The third kappa shape index (κ3) is 3.03. The van der Waals surface area contributed by atoms with E-state index in [1.165, 1.54) is 5.56 Å². The van der Waals surface area contributed by atoms with Gasteiger partial charge in [-0.25, -0.2) is 0 Å². The highest BCUT2D eigenvalue weighted by Crippen LogP contribution is 2.38. The lowest BCUT2D eigenvalue weighted by Gasteiger charge is -2.09. The van der Waals surface area contributed by atoms with Gasteiger partial charge in [0.25, 0.3) is 0 Å². The van der Waals surface area contributed by atoms with Crippen LogP contribution >= 0.6 is 79.6 Å². The molecule has 1 aromatic rings.